The van der Waals surface area contributed by atoms with Gasteiger partial charge in [-0.3, -0.25) is 20.4 Å². The van der Waals surface area contributed by atoms with Crippen LogP contribution in [0.5, 0.6) is 0 Å². The van der Waals surface area contributed by atoms with E-state index in [1.165, 1.54) is 11.3 Å². The van der Waals surface area contributed by atoms with Gasteiger partial charge in [0.25, 0.3) is 5.91 Å². The largest absolute Gasteiger partial charge is 0.281 e. The first-order valence-corrected chi connectivity index (χ1v) is 9.59. The Morgan fingerprint density at radius 2 is 1.74 bits per heavy atom. The zero-order valence-electron chi connectivity index (χ0n) is 14.7. The van der Waals surface area contributed by atoms with E-state index in [9.17, 15) is 9.59 Å². The van der Waals surface area contributed by atoms with Gasteiger partial charge in [-0.15, -0.1) is 11.3 Å². The van der Waals surface area contributed by atoms with Crippen molar-refractivity contribution in [1.29, 1.82) is 0 Å². The third-order valence-electron chi connectivity index (χ3n) is 3.89. The highest BCUT2D eigenvalue weighted by Gasteiger charge is 2.16. The Bertz CT molecular complexity index is 940. The van der Waals surface area contributed by atoms with Gasteiger partial charge in [-0.2, -0.15) is 0 Å². The Kier molecular flexibility index (Phi) is 6.21. The Morgan fingerprint density at radius 1 is 1.04 bits per heavy atom. The van der Waals surface area contributed by atoms with Gasteiger partial charge in [-0.25, -0.2) is 4.98 Å². The van der Waals surface area contributed by atoms with Gasteiger partial charge in [0, 0.05) is 17.0 Å². The number of hydrogen-bond acceptors (Lipinski definition) is 4. The number of thiazole rings is 1. The molecule has 5 nitrogen and oxygen atoms in total. The molecular formula is C20H18ClN3O2S. The van der Waals surface area contributed by atoms with Crippen molar-refractivity contribution in [3.8, 4) is 10.6 Å². The molecule has 0 saturated carbocycles. The summed E-state index contributed by atoms with van der Waals surface area (Å²) in [6.45, 7) is 1.78. The van der Waals surface area contributed by atoms with Crippen molar-refractivity contribution < 1.29 is 9.59 Å². The van der Waals surface area contributed by atoms with Crippen molar-refractivity contribution in [2.24, 2.45) is 0 Å². The predicted octanol–water partition coefficient (Wildman–Crippen LogP) is 4.17. The molecule has 7 heteroatoms. The van der Waals surface area contributed by atoms with E-state index in [-0.39, 0.29) is 18.2 Å². The van der Waals surface area contributed by atoms with Crippen molar-refractivity contribution in [1.82, 2.24) is 15.8 Å². The first kappa shape index (κ1) is 19.1. The molecule has 2 amide bonds. The molecule has 2 N–H and O–H groups in total. The molecule has 1 aromatic heterocycles. The molecule has 0 aliphatic carbocycles. The van der Waals surface area contributed by atoms with Crippen LogP contribution in [0.25, 0.3) is 10.6 Å². The Hall–Kier alpha value is -2.70. The summed E-state index contributed by atoms with van der Waals surface area (Å²) >= 11 is 7.14. The van der Waals surface area contributed by atoms with Crippen molar-refractivity contribution in [2.45, 2.75) is 19.8 Å². The van der Waals surface area contributed by atoms with Gasteiger partial charge < -0.3 is 0 Å². The maximum absolute atomic E-state index is 12.4. The number of carbonyl (C=O) groups excluding carboxylic acids is 2. The lowest BCUT2D eigenvalue weighted by molar-refractivity contribution is -0.121. The summed E-state index contributed by atoms with van der Waals surface area (Å²) in [4.78, 5) is 29.2. The van der Waals surface area contributed by atoms with Crippen LogP contribution in [-0.2, 0) is 11.2 Å². The second-order valence-corrected chi connectivity index (χ2v) is 7.36. The summed E-state index contributed by atoms with van der Waals surface area (Å²) < 4.78 is 0. The molecule has 0 saturated heterocycles. The monoisotopic (exact) mass is 399 g/mol. The molecule has 0 unspecified atom stereocenters. The van der Waals surface area contributed by atoms with Gasteiger partial charge in [0.1, 0.15) is 9.88 Å². The van der Waals surface area contributed by atoms with E-state index >= 15 is 0 Å². The minimum atomic E-state index is -0.368. The zero-order valence-corrected chi connectivity index (χ0v) is 16.2. The van der Waals surface area contributed by atoms with Gasteiger partial charge in [0.15, 0.2) is 0 Å². The van der Waals surface area contributed by atoms with Gasteiger partial charge in [0.05, 0.1) is 5.69 Å². The number of halogens is 1. The number of benzene rings is 2. The molecule has 138 valence electrons. The third-order valence-corrected chi connectivity index (χ3v) is 5.35. The first-order chi connectivity index (χ1) is 13.0. The maximum atomic E-state index is 12.4. The average molecular weight is 400 g/mol. The van der Waals surface area contributed by atoms with Gasteiger partial charge in [0.2, 0.25) is 5.91 Å². The molecule has 0 bridgehead atoms. The Labute approximate surface area is 166 Å². The van der Waals surface area contributed by atoms with E-state index in [0.717, 1.165) is 16.1 Å². The predicted molar refractivity (Wildman–Crippen MR) is 108 cm³/mol. The van der Waals surface area contributed by atoms with Crippen molar-refractivity contribution in [3.05, 3.63) is 75.8 Å². The van der Waals surface area contributed by atoms with Crippen molar-refractivity contribution >= 4 is 34.8 Å². The van der Waals surface area contributed by atoms with Crippen molar-refractivity contribution in [3.63, 3.8) is 0 Å². The van der Waals surface area contributed by atoms with Crippen LogP contribution in [0.1, 0.15) is 27.3 Å². The van der Waals surface area contributed by atoms with Crippen LogP contribution in [0.3, 0.4) is 0 Å². The van der Waals surface area contributed by atoms with Crippen LogP contribution in [0.4, 0.5) is 0 Å². The van der Waals surface area contributed by atoms with E-state index in [2.05, 4.69) is 15.8 Å². The molecule has 0 radical (unpaired) electrons. The topological polar surface area (TPSA) is 71.1 Å². The SMILES string of the molecule is Cc1nc(-c2ccccc2)sc1C(=O)NNC(=O)CCc1ccc(Cl)cc1. The van der Waals surface area contributed by atoms with Crippen LogP contribution in [0, 0.1) is 6.92 Å². The summed E-state index contributed by atoms with van der Waals surface area (Å²) in [5.41, 5.74) is 7.51. The second-order valence-electron chi connectivity index (χ2n) is 5.93. The van der Waals surface area contributed by atoms with Crippen LogP contribution in [0.15, 0.2) is 54.6 Å². The minimum absolute atomic E-state index is 0.260. The van der Waals surface area contributed by atoms with E-state index in [0.29, 0.717) is 22.0 Å². The maximum Gasteiger partial charge on any atom is 0.281 e. The van der Waals surface area contributed by atoms with E-state index in [1.54, 1.807) is 19.1 Å². The van der Waals surface area contributed by atoms with Gasteiger partial charge in [-0.1, -0.05) is 54.1 Å². The normalized spacial score (nSPS) is 10.4. The smallest absolute Gasteiger partial charge is 0.273 e. The lowest BCUT2D eigenvalue weighted by Gasteiger charge is -2.06. The molecule has 0 atom stereocenters. The number of hydrazine groups is 1. The van der Waals surface area contributed by atoms with E-state index in [4.69, 9.17) is 11.6 Å². The molecule has 3 aromatic rings. The molecule has 2 aromatic carbocycles. The lowest BCUT2D eigenvalue weighted by Crippen LogP contribution is -2.41. The summed E-state index contributed by atoms with van der Waals surface area (Å²) in [7, 11) is 0. The van der Waals surface area contributed by atoms with Gasteiger partial charge >= 0.3 is 0 Å². The second kappa shape index (κ2) is 8.79. The molecule has 0 aliphatic heterocycles. The number of rotatable bonds is 5. The number of amides is 2. The highest BCUT2D eigenvalue weighted by atomic mass is 35.5. The van der Waals surface area contributed by atoms with Gasteiger partial charge in [-0.05, 0) is 31.0 Å². The van der Waals surface area contributed by atoms with Crippen LogP contribution >= 0.6 is 22.9 Å². The lowest BCUT2D eigenvalue weighted by atomic mass is 10.1. The molecular weight excluding hydrogens is 382 g/mol. The fourth-order valence-electron chi connectivity index (χ4n) is 2.47. The fourth-order valence-corrected chi connectivity index (χ4v) is 3.56. The molecule has 0 fully saturated rings. The summed E-state index contributed by atoms with van der Waals surface area (Å²) in [6.07, 6.45) is 0.829. The Morgan fingerprint density at radius 3 is 2.44 bits per heavy atom. The molecule has 0 spiro atoms. The summed E-state index contributed by atoms with van der Waals surface area (Å²) in [5, 5.41) is 1.43. The highest BCUT2D eigenvalue weighted by molar-refractivity contribution is 7.17. The Balaban J connectivity index is 1.54. The highest BCUT2D eigenvalue weighted by Crippen LogP contribution is 2.27. The summed E-state index contributed by atoms with van der Waals surface area (Å²) in [5.74, 6) is -0.629. The third kappa shape index (κ3) is 5.15. The summed E-state index contributed by atoms with van der Waals surface area (Å²) in [6, 6.07) is 17.0. The zero-order chi connectivity index (χ0) is 19.2. The number of carbonyl (C=O) groups is 2. The van der Waals surface area contributed by atoms with E-state index < -0.39 is 0 Å². The number of nitrogens with one attached hydrogen (secondary N) is 2. The molecule has 3 rings (SSSR count). The van der Waals surface area contributed by atoms with Crippen LogP contribution in [0.2, 0.25) is 5.02 Å². The number of aryl methyl sites for hydroxylation is 2. The number of hydrogen-bond donors (Lipinski definition) is 2. The minimum Gasteiger partial charge on any atom is -0.273 e. The van der Waals surface area contributed by atoms with E-state index in [1.807, 2.05) is 42.5 Å². The van der Waals surface area contributed by atoms with Crippen molar-refractivity contribution in [2.75, 3.05) is 0 Å². The van der Waals surface area contributed by atoms with Crippen LogP contribution < -0.4 is 10.9 Å². The average Bonchev–Trinajstić information content (AvgIpc) is 3.08. The standard InChI is InChI=1S/C20H18ClN3O2S/c1-13-18(27-20(22-13)15-5-3-2-4-6-15)19(26)24-23-17(25)12-9-14-7-10-16(21)11-8-14/h2-8,10-11H,9,12H2,1H3,(H,23,25)(H,24,26). The molecule has 1 heterocycles. The number of aromatic nitrogens is 1. The van der Waals surface area contributed by atoms with Crippen LogP contribution in [-0.4, -0.2) is 16.8 Å². The first-order valence-electron chi connectivity index (χ1n) is 8.39. The quantitative estimate of drug-likeness (QED) is 0.632. The molecule has 0 aliphatic rings. The number of nitrogens with zero attached hydrogens (tertiary/aromatic N) is 1. The molecule has 27 heavy (non-hydrogen) atoms. The fraction of sp³-hybridized carbons (Fsp3) is 0.150.